The van der Waals surface area contributed by atoms with Crippen LogP contribution in [0.5, 0.6) is 11.5 Å². The highest BCUT2D eigenvalue weighted by Crippen LogP contribution is 2.51. The van der Waals surface area contributed by atoms with E-state index in [1.54, 1.807) is 30.5 Å². The van der Waals surface area contributed by atoms with Gasteiger partial charge in [0, 0.05) is 89.8 Å². The van der Waals surface area contributed by atoms with Gasteiger partial charge in [-0.3, -0.25) is 4.57 Å². The second-order valence-corrected chi connectivity index (χ2v) is 18.8. The summed E-state index contributed by atoms with van der Waals surface area (Å²) >= 11 is 0. The van der Waals surface area contributed by atoms with Crippen LogP contribution < -0.4 is 15.4 Å². The third-order valence-corrected chi connectivity index (χ3v) is 12.6. The third kappa shape index (κ3) is 8.55. The van der Waals surface area contributed by atoms with Crippen molar-refractivity contribution in [3.8, 4) is 39.6 Å². The van der Waals surface area contributed by atoms with Gasteiger partial charge >= 0.3 is 0 Å². The molecule has 7 aromatic carbocycles. The summed E-state index contributed by atoms with van der Waals surface area (Å²) in [5, 5.41) is 7.94. The van der Waals surface area contributed by atoms with Gasteiger partial charge in [-0.15, -0.1) is 0 Å². The lowest BCUT2D eigenvalue weighted by Gasteiger charge is -2.42. The second kappa shape index (κ2) is 17.3. The van der Waals surface area contributed by atoms with Crippen LogP contribution in [-0.4, -0.2) is 9.55 Å². The average molecular weight is 986 g/mol. The SMILES string of the molecule is [2H]c1c([2H])c2c(c([2H])c1-c1cccc(-c3c([2H])c([2H])c4c(c3[2H])C(C([2H])([2H])[2H])(C([2H])([2H])[2H])C([2H])([2H])C([2H])([2H])C4(C([2H])([2H])[2H])C([2H])([2H])[2H])c1Nc1ccccc1Nc1cccc(Oc3ccc4c5ccccc5n(-c5cc(C(C)(C)C)ccn5)c4c3)c1)C(C([2H])([2H])[2H])(C([2H])([2H])[2H])C([2H])([2H])C([2H])([2H])C2(C([2H])([2H])[2H])C([2H])([2H])[2H]. The van der Waals surface area contributed by atoms with E-state index in [0.29, 0.717) is 11.6 Å². The highest BCUT2D eigenvalue weighted by atomic mass is 16.5. The largest absolute Gasteiger partial charge is 0.457 e. The predicted octanol–water partition coefficient (Wildman–Crippen LogP) is 18.8. The zero-order valence-electron chi connectivity index (χ0n) is 76.9. The van der Waals surface area contributed by atoms with Crippen LogP contribution in [0.25, 0.3) is 49.9 Å². The van der Waals surface area contributed by atoms with Crippen molar-refractivity contribution in [1.82, 2.24) is 9.55 Å². The first-order valence-corrected chi connectivity index (χ1v) is 22.7. The molecule has 2 heterocycles. The monoisotopic (exact) mass is 985 g/mol. The van der Waals surface area contributed by atoms with E-state index in [-0.39, 0.29) is 28.2 Å². The number of ether oxygens (including phenoxy) is 1. The smallest absolute Gasteiger partial charge is 0.137 e. The van der Waals surface area contributed by atoms with Crippen LogP contribution in [0.1, 0.15) is 181 Å². The Labute approximate surface area is 481 Å². The Balaban J connectivity index is 1.23. The van der Waals surface area contributed by atoms with Gasteiger partial charge in [0.2, 0.25) is 0 Å². The zero-order valence-corrected chi connectivity index (χ0v) is 38.9. The first-order chi connectivity index (χ1) is 49.9. The lowest BCUT2D eigenvalue weighted by atomic mass is 9.62. The summed E-state index contributed by atoms with van der Waals surface area (Å²) in [6.45, 7) is -30.0. The van der Waals surface area contributed by atoms with Crippen molar-refractivity contribution in [1.29, 1.82) is 0 Å². The lowest BCUT2D eigenvalue weighted by Crippen LogP contribution is -2.33. The van der Waals surface area contributed by atoms with Gasteiger partial charge in [0.15, 0.2) is 0 Å². The number of pyridine rings is 1. The van der Waals surface area contributed by atoms with Crippen molar-refractivity contribution in [3.05, 3.63) is 192 Å². The number of rotatable bonds is 9. The first kappa shape index (κ1) is 20.8. The Kier molecular flexibility index (Phi) is 4.99. The van der Waals surface area contributed by atoms with Gasteiger partial charge in [-0.05, 0) is 146 Å². The molecule has 0 amide bonds. The summed E-state index contributed by atoms with van der Waals surface area (Å²) in [7, 11) is 0. The summed E-state index contributed by atoms with van der Waals surface area (Å²) in [6, 6.07) is 21.2. The summed E-state index contributed by atoms with van der Waals surface area (Å²) in [5.41, 5.74) is -29.2. The van der Waals surface area contributed by atoms with Crippen molar-refractivity contribution in [2.45, 2.75) is 128 Å². The lowest BCUT2D eigenvalue weighted by molar-refractivity contribution is 0.332. The van der Waals surface area contributed by atoms with Crippen LogP contribution >= 0.6 is 0 Å². The first-order valence-electron chi connectivity index (χ1n) is 41.7. The molecule has 0 bridgehead atoms. The van der Waals surface area contributed by atoms with Crippen molar-refractivity contribution >= 4 is 44.6 Å². The number of aromatic nitrogens is 2. The number of nitrogens with one attached hydrogen (secondary N) is 2. The summed E-state index contributed by atoms with van der Waals surface area (Å²) in [4.78, 5) is 4.76. The molecule has 72 heavy (non-hydrogen) atoms. The molecule has 0 saturated heterocycles. The molecular weight excluding hydrogens is 877 g/mol. The second-order valence-electron chi connectivity index (χ2n) is 18.8. The molecule has 0 aliphatic heterocycles. The van der Waals surface area contributed by atoms with Gasteiger partial charge < -0.3 is 15.4 Å². The van der Waals surface area contributed by atoms with Gasteiger partial charge in [0.25, 0.3) is 0 Å². The van der Waals surface area contributed by atoms with Gasteiger partial charge in [-0.1, -0.05) is 166 Å². The van der Waals surface area contributed by atoms with Crippen LogP contribution in [0.15, 0.2) is 164 Å². The molecule has 0 radical (unpaired) electrons. The Morgan fingerprint density at radius 3 is 1.74 bits per heavy atom. The van der Waals surface area contributed by atoms with Crippen LogP contribution in [0.3, 0.4) is 0 Å². The number of benzene rings is 7. The van der Waals surface area contributed by atoms with E-state index in [4.69, 9.17) is 42.6 Å². The fourth-order valence-corrected chi connectivity index (χ4v) is 8.97. The maximum Gasteiger partial charge on any atom is 0.137 e. The summed E-state index contributed by atoms with van der Waals surface area (Å²) in [5.74, 6) is 1.18. The van der Waals surface area contributed by atoms with Gasteiger partial charge in [-0.2, -0.15) is 0 Å². The van der Waals surface area contributed by atoms with Crippen LogP contribution in [0.4, 0.5) is 22.7 Å². The fourth-order valence-electron chi connectivity index (χ4n) is 8.97. The third-order valence-electron chi connectivity index (χ3n) is 12.6. The summed E-state index contributed by atoms with van der Waals surface area (Å²) in [6.07, 6.45) is -17.5. The number of fused-ring (bicyclic) bond motifs is 5. The molecular formula is C67H70N4O. The Hall–Kier alpha value is -7.11. The molecule has 5 nitrogen and oxygen atoms in total. The van der Waals surface area contributed by atoms with Gasteiger partial charge in [-0.25, -0.2) is 4.98 Å². The Bertz CT molecular complexity index is 4970. The maximum absolute atomic E-state index is 10.2. The molecule has 2 aromatic heterocycles. The molecule has 2 N–H and O–H groups in total. The minimum atomic E-state index is -4.83. The van der Waals surface area contributed by atoms with Crippen LogP contribution in [-0.2, 0) is 27.1 Å². The van der Waals surface area contributed by atoms with E-state index in [1.165, 1.54) is 30.3 Å². The normalized spacial score (nSPS) is 28.4. The maximum atomic E-state index is 10.2. The number of hydrogen-bond acceptors (Lipinski definition) is 4. The number of anilines is 4. The quantitative estimate of drug-likeness (QED) is 0.151. The molecule has 0 saturated carbocycles. The number of hydrogen-bond donors (Lipinski definition) is 2. The number of nitrogens with zero attached hydrogens (tertiary/aromatic N) is 2. The van der Waals surface area contributed by atoms with E-state index in [2.05, 4.69) is 31.4 Å². The molecule has 0 unspecified atom stereocenters. The fraction of sp³-hybridized carbons (Fsp3) is 0.299. The van der Waals surface area contributed by atoms with Crippen LogP contribution in [0.2, 0.25) is 0 Å². The van der Waals surface area contributed by atoms with Crippen molar-refractivity contribution in [2.24, 2.45) is 0 Å². The Morgan fingerprint density at radius 2 is 1.11 bits per heavy atom. The molecule has 0 atom stereocenters. The van der Waals surface area contributed by atoms with E-state index < -0.39 is 188 Å². The molecule has 5 heteroatoms. The van der Waals surface area contributed by atoms with Crippen molar-refractivity contribution < 1.29 is 56.8 Å². The van der Waals surface area contributed by atoms with Crippen LogP contribution in [0, 0.1) is 0 Å². The molecule has 9 aromatic rings. The average Bonchev–Trinajstić information content (AvgIpc) is 0.695. The van der Waals surface area contributed by atoms with Gasteiger partial charge in [0.1, 0.15) is 17.3 Å². The highest BCUT2D eigenvalue weighted by Gasteiger charge is 2.39. The summed E-state index contributed by atoms with van der Waals surface area (Å²) < 4.78 is 358. The molecule has 11 rings (SSSR count). The molecule has 0 fully saturated rings. The minimum Gasteiger partial charge on any atom is -0.457 e. The zero-order chi connectivity index (χ0) is 82.8. The topological polar surface area (TPSA) is 51.1 Å². The number of para-hydroxylation sites is 4. The standard InChI is InChI=1S/C67H70N4O/c1-63(2,3)45-32-37-68-61(40-45)71-59-25-15-12-20-51(59)52-29-28-48(42-60(52)71)72-47-19-16-18-46(41-47)69-57-23-13-14-24-58(57)70-62-49(43-26-30-53-55(38-43)66(8,9)35-33-64(53,4)5)21-17-22-50(62)44-27-31-54-56(39-44)67(10,11)36-34-65(54,6)7/h12-32,37-42,69-70H,33-36H2,1-11H3/i4D3,5D3,6D3,7D3,8D3,9D3,10D3,11D3,26D,27D,30D,31D,33D2,34D2,35D2,36D2,38D,39D. The van der Waals surface area contributed by atoms with E-state index >= 15 is 0 Å². The molecule has 0 spiro atoms. The van der Waals surface area contributed by atoms with Crippen molar-refractivity contribution in [2.75, 3.05) is 10.6 Å². The van der Waals surface area contributed by atoms with Gasteiger partial charge in [0.05, 0.1) is 36.3 Å². The molecule has 2 aliphatic rings. The Morgan fingerprint density at radius 1 is 0.556 bits per heavy atom. The minimum absolute atomic E-state index is 0.0345. The highest BCUT2D eigenvalue weighted by molar-refractivity contribution is 6.09. The molecule has 2 aliphatic carbocycles. The van der Waals surface area contributed by atoms with E-state index in [9.17, 15) is 19.2 Å². The molecule has 364 valence electrons. The van der Waals surface area contributed by atoms with Crippen molar-refractivity contribution in [3.63, 3.8) is 0 Å². The van der Waals surface area contributed by atoms with E-state index in [1.807, 2.05) is 53.1 Å². The van der Waals surface area contributed by atoms with E-state index in [0.717, 1.165) is 45.6 Å². The predicted molar refractivity (Wildman–Crippen MR) is 305 cm³/mol.